The molecule has 0 aliphatic carbocycles. The number of hydrogen-bond acceptors (Lipinski definition) is 25. The fraction of sp³-hybridized carbons (Fsp3) is 0.586. The summed E-state index contributed by atoms with van der Waals surface area (Å²) in [5.41, 5.74) is -28.4. The van der Waals surface area contributed by atoms with Gasteiger partial charge in [0.1, 0.15) is 14.7 Å². The molecule has 44 heteroatoms. The minimum absolute atomic E-state index is 0.00679. The Morgan fingerprint density at radius 1 is 0.336 bits per heavy atom. The van der Waals surface area contributed by atoms with E-state index in [0.717, 1.165) is 51.1 Å². The smallest absolute Gasteiger partial charge is 0.380 e. The van der Waals surface area contributed by atoms with E-state index in [-0.39, 0.29) is 75.8 Å². The number of alkyl halides is 9. The number of benzene rings is 6. The van der Waals surface area contributed by atoms with Crippen LogP contribution in [-0.2, 0) is 77.7 Å². The Balaban J connectivity index is 1.57. The van der Waals surface area contributed by atoms with Crippen molar-refractivity contribution >= 4 is 120 Å². The molecule has 0 radical (unpaired) electrons. The molecule has 740 valence electrons. The zero-order chi connectivity index (χ0) is 99.8. The molecule has 0 bridgehead atoms. The van der Waals surface area contributed by atoms with Crippen LogP contribution in [0.1, 0.15) is 165 Å². The van der Waals surface area contributed by atoms with Crippen molar-refractivity contribution in [2.75, 3.05) is 92.3 Å². The van der Waals surface area contributed by atoms with Crippen molar-refractivity contribution in [3.05, 3.63) is 146 Å². The predicted molar refractivity (Wildman–Crippen MR) is 503 cm³/mol. The number of sulfonamides is 3. The van der Waals surface area contributed by atoms with E-state index in [2.05, 4.69) is 16.0 Å². The Kier molecular flexibility index (Phi) is 37.6. The number of nitrogens with zero attached hydrogens (tertiary/aromatic N) is 3. The van der Waals surface area contributed by atoms with Crippen molar-refractivity contribution in [2.24, 2.45) is 47.9 Å². The van der Waals surface area contributed by atoms with Gasteiger partial charge in [-0.2, -0.15) is 39.5 Å². The van der Waals surface area contributed by atoms with Gasteiger partial charge in [-0.1, -0.05) is 200 Å². The first kappa shape index (κ1) is 114. The minimum atomic E-state index is -6.30. The number of primary sulfonamides is 3. The van der Waals surface area contributed by atoms with Crippen LogP contribution in [0.5, 0.6) is 0 Å². The van der Waals surface area contributed by atoms with Gasteiger partial charge in [-0.3, -0.25) is 28.3 Å². The van der Waals surface area contributed by atoms with Gasteiger partial charge in [-0.25, -0.2) is 70.5 Å². The van der Waals surface area contributed by atoms with E-state index in [1.807, 2.05) is 160 Å². The Morgan fingerprint density at radius 2 is 0.534 bits per heavy atom. The maximum absolute atomic E-state index is 16.7. The third-order valence-corrected chi connectivity index (χ3v) is 36.3. The summed E-state index contributed by atoms with van der Waals surface area (Å²) in [5.74, 6) is 0.152. The number of anilines is 3. The number of rotatable bonds is 45. The van der Waals surface area contributed by atoms with Crippen LogP contribution in [0, 0.1) is 32.5 Å². The second-order valence-corrected chi connectivity index (χ2v) is 53.6. The van der Waals surface area contributed by atoms with Gasteiger partial charge in [0.2, 0.25) is 30.1 Å². The average Bonchev–Trinajstić information content (AvgIpc) is 0.736. The quantitative estimate of drug-likeness (QED) is 0.0117. The Bertz CT molecular complexity index is 5040. The molecule has 0 amide bonds. The number of likely N-dealkylation sites (N-methyl/N-ethyl adjacent to an activating group) is 3. The first-order chi connectivity index (χ1) is 59.5. The molecule has 0 aliphatic rings. The highest BCUT2D eigenvalue weighted by molar-refractivity contribution is 8.00. The summed E-state index contributed by atoms with van der Waals surface area (Å²) >= 11 is 3.88. The van der Waals surface area contributed by atoms with Crippen LogP contribution in [0.25, 0.3) is 0 Å². The summed E-state index contributed by atoms with van der Waals surface area (Å²) in [6.45, 7) is 39.3. The third kappa shape index (κ3) is 27.4. The van der Waals surface area contributed by atoms with Gasteiger partial charge in [0.25, 0.3) is 29.5 Å². The van der Waals surface area contributed by atoms with Crippen LogP contribution in [0.15, 0.2) is 190 Å². The Labute approximate surface area is 782 Å². The molecule has 0 fully saturated rings. The lowest BCUT2D eigenvalue weighted by Crippen LogP contribution is -2.67. The van der Waals surface area contributed by atoms with Crippen LogP contribution >= 0.6 is 43.1 Å². The molecule has 0 heterocycles. The summed E-state index contributed by atoms with van der Waals surface area (Å²) in [6, 6.07) is 30.3. The monoisotopic (exact) mass is 2050 g/mol. The molecule has 6 aromatic rings. The van der Waals surface area contributed by atoms with Gasteiger partial charge in [0.05, 0.1) is 51.6 Å². The zero-order valence-electron chi connectivity index (χ0n) is 77.8. The summed E-state index contributed by atoms with van der Waals surface area (Å²) in [6.07, 6.45) is -0.0204. The molecule has 25 nitrogen and oxygen atoms in total. The first-order valence-corrected chi connectivity index (χ1v) is 55.6. The molecule has 0 saturated carbocycles. The van der Waals surface area contributed by atoms with Crippen molar-refractivity contribution in [3.8, 4) is 0 Å². The molecular weight excluding hydrogens is 1920 g/mol. The van der Waals surface area contributed by atoms with E-state index in [4.69, 9.17) is 29.0 Å². The number of sulfone groups is 3. The van der Waals surface area contributed by atoms with E-state index >= 15 is 4.57 Å². The van der Waals surface area contributed by atoms with Gasteiger partial charge >= 0.3 is 24.3 Å². The third-order valence-electron chi connectivity index (χ3n) is 24.0. The van der Waals surface area contributed by atoms with Crippen molar-refractivity contribution in [3.63, 3.8) is 0 Å². The van der Waals surface area contributed by atoms with Crippen LogP contribution < -0.4 is 31.4 Å². The van der Waals surface area contributed by atoms with Crippen molar-refractivity contribution < 1.29 is 108 Å². The molecule has 0 aromatic heterocycles. The highest BCUT2D eigenvalue weighted by Gasteiger charge is 2.60. The van der Waals surface area contributed by atoms with Crippen LogP contribution in [0.3, 0.4) is 0 Å². The molecule has 131 heavy (non-hydrogen) atoms. The van der Waals surface area contributed by atoms with Gasteiger partial charge in [0, 0.05) is 86.3 Å². The second-order valence-electron chi connectivity index (χ2n) is 38.2. The number of phosphoric ester groups is 1. The predicted octanol–water partition coefficient (Wildman–Crippen LogP) is 19.4. The summed E-state index contributed by atoms with van der Waals surface area (Å²) in [4.78, 5) is 1.33. The van der Waals surface area contributed by atoms with Crippen LogP contribution in [-0.4, -0.2) is 193 Å². The summed E-state index contributed by atoms with van der Waals surface area (Å²) in [7, 11) is -38.3. The topological polar surface area (TPSA) is 373 Å². The van der Waals surface area contributed by atoms with E-state index in [0.29, 0.717) is 18.2 Å². The average molecular weight is 2050 g/mol. The molecule has 0 saturated heterocycles. The maximum atomic E-state index is 16.7. The van der Waals surface area contributed by atoms with Gasteiger partial charge in [0.15, 0.2) is 0 Å². The normalized spacial score (nSPS) is 15.0. The molecule has 6 aromatic carbocycles. The molecule has 0 unspecified atom stereocenters. The Morgan fingerprint density at radius 3 is 0.702 bits per heavy atom. The second kappa shape index (κ2) is 43.0. The van der Waals surface area contributed by atoms with Gasteiger partial charge in [-0.15, -0.1) is 35.3 Å². The van der Waals surface area contributed by atoms with E-state index in [1.54, 1.807) is 91.0 Å². The van der Waals surface area contributed by atoms with Gasteiger partial charge in [-0.05, 0) is 162 Å². The van der Waals surface area contributed by atoms with E-state index in [1.165, 1.54) is 35.3 Å². The first-order valence-electron chi connectivity index (χ1n) is 42.1. The number of phosphoric acid groups is 1. The fourth-order valence-electron chi connectivity index (χ4n) is 19.0. The number of halogens is 9. The molecule has 3 atom stereocenters. The molecule has 0 spiro atoms. The van der Waals surface area contributed by atoms with Gasteiger partial charge < -0.3 is 16.0 Å². The van der Waals surface area contributed by atoms with Crippen molar-refractivity contribution in [1.29, 1.82) is 0 Å². The fourth-order valence-corrected chi connectivity index (χ4v) is 27.6. The van der Waals surface area contributed by atoms with E-state index < -0.39 is 217 Å². The van der Waals surface area contributed by atoms with Crippen LogP contribution in [0.4, 0.5) is 56.6 Å². The largest absolute Gasteiger partial charge is 0.501 e. The zero-order valence-corrected chi connectivity index (χ0v) is 86.1. The number of hydrogen-bond donors (Lipinski definition) is 6. The van der Waals surface area contributed by atoms with Crippen molar-refractivity contribution in [1.82, 2.24) is 14.7 Å². The summed E-state index contributed by atoms with van der Waals surface area (Å²) < 4.78 is 329. The molecule has 6 rings (SSSR count). The number of thioether (sulfide) groups is 3. The SMILES string of the molecule is CCN(CCOP(=O)(OCCN(CC)C(C[C@H](CSc1ccccc1)Nc1ccc(S(N)(=O)=O)cc1S(=O)(=O)C(F)(F)F)(C(C)(C)C)C(C)(C)C)OCCN(CC)C(C[C@H](CSc1ccccc1)Nc1ccc(S(N)(=O)=O)cc1S(=O)(=O)C(F)(F)F)(C(C)(C)C)C(C)(C)C)C(C[C@H](CSc1ccccc1)Nc1ccc(S(N)(=O)=O)cc1S(=O)(=O)C(F)(F)F)(C(C)(C)C)C(C)(C)C. The maximum Gasteiger partial charge on any atom is 0.501 e. The number of nitrogens with two attached hydrogens (primary N) is 3. The highest BCUT2D eigenvalue weighted by Crippen LogP contribution is 2.58. The van der Waals surface area contributed by atoms with Crippen molar-refractivity contribution in [2.45, 2.75) is 260 Å². The lowest BCUT2D eigenvalue weighted by Gasteiger charge is -2.61. The minimum Gasteiger partial charge on any atom is -0.380 e. The number of nitrogens with one attached hydrogen (secondary N) is 3. The van der Waals surface area contributed by atoms with E-state index in [9.17, 15) is 90.0 Å². The Hall–Kier alpha value is -5.29. The summed E-state index contributed by atoms with van der Waals surface area (Å²) in [5, 5.41) is 25.5. The lowest BCUT2D eigenvalue weighted by atomic mass is 9.56. The lowest BCUT2D eigenvalue weighted by molar-refractivity contribution is -0.103. The molecular formula is C87H129F9N9O16PS9. The molecule has 0 aliphatic heterocycles. The standard InChI is InChI=1S/C87H129F9N9O16PS9/c1-22-103(82(76(4,5)6,77(7,8)9)55-61(58-123-64-34-28-25-29-35-64)100-70-43-40-67(129(97,113)114)52-73(70)126(107,108)85(88,89)90)46-49-119-122(106,120-50-47-104(23-2)83(78(10,11)12,79(13,14)15)56-62(59-124-65-36-30-26-31-37-65)101-71-44-41-68(130(98,115)116)53-74(71)127(109,110)86(91,92)93)121-51-48-105(24-3)84(80(16,17)18,81(19,20)21)57-63(60-125-66-38-32-27-33-39-66)102-72-45-42-69(131(99,117)118)54-75(72)128(111,112)87(94,95)96/h25-45,52-54,61-63,100-102H,22-24,46-51,55-60H2,1-21H3,(H2,97,113,114)(H2,98,115,116)(H2,99,117,118)/t61-,62-,63-/m1/s1. The highest BCUT2D eigenvalue weighted by atomic mass is 32.2. The van der Waals surface area contributed by atoms with Crippen LogP contribution in [0.2, 0.25) is 0 Å². The molecule has 9 N–H and O–H groups in total.